The van der Waals surface area contributed by atoms with Crippen molar-refractivity contribution in [2.75, 3.05) is 204 Å². The fourth-order valence-electron chi connectivity index (χ4n) is 13.9. The fraction of sp³-hybridized carbons (Fsp3) is 0.656. The van der Waals surface area contributed by atoms with Crippen molar-refractivity contribution in [3.8, 4) is 17.1 Å². The number of nitrogens with one attached hydrogen (secondary N) is 10. The molecule has 3 aliphatic heterocycles. The standard InChI is InChI=1S/C90H134FN13O34/c1-6-60-61-53-71(65(91)55-69(61)99-81-62(60)56-104-70(81)54-64-63(85(104)117)57-138-88(122)90(64,124)7-2)137-34-26-96-82(114)59(5)97-84(116)80(58(3)4)102-83(115)66(98-76(109)12-10-27-103-77(110)16-17-78(103)111)11-8-9-22-92-73(106)19-28-125-35-41-131-47-51-135-45-39-129-32-24-94-75(108)21-30-127-37-43-133-49-52-136-46-40-130-33-25-95-74(107)20-29-126-36-42-132-48-50-134-44-38-128-31-23-93-72(105)15-13-67(86(118)119)100-89(123)101-68(87(120)121)14-18-79(112)113/h16-17,53-55,58-59,66-68,80,124H,6-15,18-52,56-57H2,1-5H3,(H,92,106)(H,93,105)(H,94,108)(H,95,107)(H,96,114)(H,97,116)(H,98,109)(H,102,115)(H,112,113)(H,118,119)(H,120,121)(H2,100,101,123)/t59-,66-,67-,68-,80-,90-/m0/s1. The first-order valence-electron chi connectivity index (χ1n) is 46.3. The van der Waals surface area contributed by atoms with Gasteiger partial charge in [-0.2, -0.15) is 0 Å². The molecular formula is C90H134FN13O34. The number of ether oxygens (including phenoxy) is 14. The highest BCUT2D eigenvalue weighted by molar-refractivity contribution is 6.13. The van der Waals surface area contributed by atoms with Gasteiger partial charge in [0.05, 0.1) is 194 Å². The van der Waals surface area contributed by atoms with Crippen molar-refractivity contribution in [3.05, 3.63) is 68.8 Å². The van der Waals surface area contributed by atoms with E-state index in [4.69, 9.17) is 81.5 Å². The van der Waals surface area contributed by atoms with Crippen LogP contribution < -0.4 is 63.5 Å². The second kappa shape index (κ2) is 64.7. The largest absolute Gasteiger partial charge is 0.489 e. The van der Waals surface area contributed by atoms with Crippen molar-refractivity contribution >= 4 is 99.9 Å². The summed E-state index contributed by atoms with van der Waals surface area (Å²) in [6, 6.07) is -3.41. The Kier molecular flexibility index (Phi) is 54.0. The summed E-state index contributed by atoms with van der Waals surface area (Å²) < 4.78 is 94.1. The van der Waals surface area contributed by atoms with E-state index in [-0.39, 0.29) is 217 Å². The number of nitrogens with zero attached hydrogens (tertiary/aromatic N) is 3. The van der Waals surface area contributed by atoms with Gasteiger partial charge in [-0.15, -0.1) is 0 Å². The number of carboxylic acid groups (broad SMARTS) is 3. The molecule has 0 saturated carbocycles. The minimum absolute atomic E-state index is 0.0324. The molecule has 3 aliphatic rings. The van der Waals surface area contributed by atoms with E-state index < -0.39 is 137 Å². The van der Waals surface area contributed by atoms with E-state index in [0.29, 0.717) is 141 Å². The van der Waals surface area contributed by atoms with Gasteiger partial charge in [0.1, 0.15) is 43.4 Å². The van der Waals surface area contributed by atoms with E-state index in [0.717, 1.165) is 22.6 Å². The molecule has 0 unspecified atom stereocenters. The van der Waals surface area contributed by atoms with Gasteiger partial charge in [-0.3, -0.25) is 62.4 Å². The van der Waals surface area contributed by atoms with E-state index in [1.807, 2.05) is 12.2 Å². The summed E-state index contributed by atoms with van der Waals surface area (Å²) in [5, 5.41) is 64.8. The van der Waals surface area contributed by atoms with Crippen molar-refractivity contribution in [1.82, 2.24) is 67.6 Å². The SMILES string of the molecule is CCc1c2c(nc3cc(F)c(OCCNC(=O)[C@H](C)NC(=O)[C@@H](NC(=O)[C@H](CCCCNC(=O)CCOCCOCCOCCOCCNC(=O)CCOCCOCCOCCOCCNC(=O)CCOCCOCCOCCOCCNC(=O)CC[C@H](NC(=O)N[C@@H](CCC(=O)O)C(=O)O)C(=O)O)NC(=O)CCCN4C(=O)C=CC4=O)C(C)C)cc13)-c1cc3c(c(=O)n1C2)COC(=O)[C@]3(O)CC. The van der Waals surface area contributed by atoms with E-state index in [9.17, 15) is 86.9 Å². The first kappa shape index (κ1) is 115. The number of cyclic esters (lactones) is 1. The highest BCUT2D eigenvalue weighted by atomic mass is 19.1. The summed E-state index contributed by atoms with van der Waals surface area (Å²) in [6.07, 6.45) is 2.30. The van der Waals surface area contributed by atoms with Crippen LogP contribution in [0.3, 0.4) is 0 Å². The summed E-state index contributed by atoms with van der Waals surface area (Å²) in [4.78, 5) is 206. The van der Waals surface area contributed by atoms with Gasteiger partial charge < -0.3 is 144 Å². The number of fused-ring (bicyclic) bond motifs is 5. The Labute approximate surface area is 797 Å². The van der Waals surface area contributed by atoms with Crippen molar-refractivity contribution in [2.45, 2.75) is 173 Å². The first-order valence-corrected chi connectivity index (χ1v) is 46.3. The number of pyridine rings is 2. The zero-order valence-corrected chi connectivity index (χ0v) is 78.8. The van der Waals surface area contributed by atoms with Gasteiger partial charge in [0.2, 0.25) is 47.3 Å². The number of carbonyl (C=O) groups is 15. The van der Waals surface area contributed by atoms with Crippen molar-refractivity contribution in [2.24, 2.45) is 5.92 Å². The summed E-state index contributed by atoms with van der Waals surface area (Å²) in [5.41, 5.74) is 0.418. The zero-order chi connectivity index (χ0) is 101. The van der Waals surface area contributed by atoms with Crippen LogP contribution in [0, 0.1) is 11.7 Å². The van der Waals surface area contributed by atoms with E-state index >= 15 is 4.39 Å². The Morgan fingerprint density at radius 1 is 0.471 bits per heavy atom. The van der Waals surface area contributed by atoms with Gasteiger partial charge in [-0.1, -0.05) is 27.7 Å². The molecule has 3 aromatic rings. The number of benzene rings is 1. The average molecular weight is 1960 g/mol. The maximum atomic E-state index is 15.8. The van der Waals surface area contributed by atoms with Crippen molar-refractivity contribution in [3.63, 3.8) is 0 Å². The minimum Gasteiger partial charge on any atom is -0.489 e. The number of aliphatic carboxylic acids is 3. The second-order valence-electron chi connectivity index (χ2n) is 32.0. The lowest BCUT2D eigenvalue weighted by atomic mass is 9.86. The minimum atomic E-state index is -2.02. The quantitative estimate of drug-likeness (QED) is 0.0143. The third kappa shape index (κ3) is 42.1. The summed E-state index contributed by atoms with van der Waals surface area (Å²) in [5.74, 6) is -11.3. The van der Waals surface area contributed by atoms with Crippen LogP contribution in [-0.2, 0) is 154 Å². The summed E-state index contributed by atoms with van der Waals surface area (Å²) >= 11 is 0. The molecule has 6 atom stereocenters. The molecule has 47 nitrogen and oxygen atoms in total. The lowest BCUT2D eigenvalue weighted by Gasteiger charge is -2.31. The molecule has 1 aromatic carbocycles. The van der Waals surface area contributed by atoms with E-state index in [2.05, 4.69) is 47.9 Å². The molecule has 2 aromatic heterocycles. The normalized spacial score (nSPS) is 14.7. The number of imide groups is 1. The predicted molar refractivity (Wildman–Crippen MR) is 484 cm³/mol. The van der Waals surface area contributed by atoms with Gasteiger partial charge >= 0.3 is 29.9 Å². The number of halogens is 1. The number of aromatic nitrogens is 2. The Hall–Kier alpha value is -11.4. The molecule has 0 aliphatic carbocycles. The van der Waals surface area contributed by atoms with Crippen LogP contribution in [0.4, 0.5) is 9.18 Å². The van der Waals surface area contributed by atoms with Gasteiger partial charge in [0.25, 0.3) is 17.4 Å². The molecule has 0 spiro atoms. The third-order valence-corrected chi connectivity index (χ3v) is 21.4. The smallest absolute Gasteiger partial charge is 0.343 e. The number of aryl methyl sites for hydroxylation is 1. The number of carboxylic acids is 3. The molecule has 12 amide bonds. The van der Waals surface area contributed by atoms with Crippen LogP contribution in [0.1, 0.15) is 140 Å². The molecule has 770 valence electrons. The molecule has 0 saturated heterocycles. The number of rotatable bonds is 77. The van der Waals surface area contributed by atoms with Crippen LogP contribution in [0.5, 0.6) is 5.75 Å². The van der Waals surface area contributed by atoms with Gasteiger partial charge in [-0.25, -0.2) is 28.6 Å². The molecule has 5 heterocycles. The maximum Gasteiger partial charge on any atom is 0.343 e. The third-order valence-electron chi connectivity index (χ3n) is 21.4. The molecule has 14 N–H and O–H groups in total. The molecule has 0 radical (unpaired) electrons. The Balaban J connectivity index is 0.690. The molecule has 0 fully saturated rings. The number of urea groups is 1. The van der Waals surface area contributed by atoms with Crippen molar-refractivity contribution < 1.29 is 163 Å². The van der Waals surface area contributed by atoms with Crippen LogP contribution in [0.15, 0.2) is 35.1 Å². The van der Waals surface area contributed by atoms with Gasteiger partial charge in [0, 0.05) is 106 Å². The fourth-order valence-corrected chi connectivity index (χ4v) is 13.9. The molecule has 48 heteroatoms. The highest BCUT2D eigenvalue weighted by Crippen LogP contribution is 2.41. The van der Waals surface area contributed by atoms with Crippen molar-refractivity contribution in [1.29, 1.82) is 0 Å². The Morgan fingerprint density at radius 2 is 0.928 bits per heavy atom. The predicted octanol–water partition coefficient (Wildman–Crippen LogP) is -1.03. The lowest BCUT2D eigenvalue weighted by molar-refractivity contribution is -0.172. The molecule has 138 heavy (non-hydrogen) atoms. The second-order valence-corrected chi connectivity index (χ2v) is 32.0. The zero-order valence-electron chi connectivity index (χ0n) is 78.8. The average Bonchev–Trinajstić information content (AvgIpc) is 1.55. The number of amides is 12. The number of carbonyl (C=O) groups excluding carboxylic acids is 12. The molecule has 6 rings (SSSR count). The van der Waals surface area contributed by atoms with E-state index in [1.54, 1.807) is 26.8 Å². The topological polar surface area (TPSA) is 625 Å². The first-order chi connectivity index (χ1) is 66.4. The van der Waals surface area contributed by atoms with Gasteiger partial charge in [-0.05, 0) is 81.9 Å². The Morgan fingerprint density at radius 3 is 1.39 bits per heavy atom. The van der Waals surface area contributed by atoms with Crippen LogP contribution in [-0.4, -0.2) is 359 Å². The Bertz CT molecular complexity index is 4540. The number of hydrogen-bond acceptors (Lipinski definition) is 32. The summed E-state index contributed by atoms with van der Waals surface area (Å²) in [6.45, 7) is 15.3. The van der Waals surface area contributed by atoms with E-state index in [1.165, 1.54) is 23.6 Å². The maximum absolute atomic E-state index is 15.8. The monoisotopic (exact) mass is 1960 g/mol. The number of unbranched alkanes of at least 4 members (excludes halogenated alkanes) is 1. The van der Waals surface area contributed by atoms with Crippen LogP contribution in [0.25, 0.3) is 22.3 Å². The van der Waals surface area contributed by atoms with Crippen LogP contribution >= 0.6 is 0 Å². The summed E-state index contributed by atoms with van der Waals surface area (Å²) in [7, 11) is 0. The lowest BCUT2D eigenvalue weighted by Crippen LogP contribution is -2.57. The highest BCUT2D eigenvalue weighted by Gasteiger charge is 2.46. The van der Waals surface area contributed by atoms with Gasteiger partial charge in [0.15, 0.2) is 17.2 Å². The number of hydrogen-bond donors (Lipinski definition) is 14. The van der Waals surface area contributed by atoms with Crippen LogP contribution in [0.2, 0.25) is 0 Å². The number of aliphatic hydroxyl groups is 1. The molecular weight excluding hydrogens is 1830 g/mol. The molecule has 0 bridgehead atoms. The number of esters is 1.